The lowest BCUT2D eigenvalue weighted by Gasteiger charge is -2.26. The fourth-order valence-corrected chi connectivity index (χ4v) is 3.25. The number of ether oxygens (including phenoxy) is 1. The summed E-state index contributed by atoms with van der Waals surface area (Å²) in [5.74, 6) is -0.0912. The standard InChI is InChI=1S/C16H21N3O3/c1-15(2,3)22-14(21)19-8-7-16(9-19)12-10(17)5-4-6-11(12)18-13(16)20/h4-6H,7-9,17H2,1-3H3,(H,18,20). The van der Waals surface area contributed by atoms with Gasteiger partial charge in [0.05, 0.1) is 5.41 Å². The number of carbonyl (C=O) groups excluding carboxylic acids is 2. The molecule has 6 nitrogen and oxygen atoms in total. The lowest BCUT2D eigenvalue weighted by molar-refractivity contribution is -0.120. The first-order valence-electron chi connectivity index (χ1n) is 7.41. The second kappa shape index (κ2) is 4.63. The van der Waals surface area contributed by atoms with E-state index in [4.69, 9.17) is 10.5 Å². The maximum Gasteiger partial charge on any atom is 0.410 e. The summed E-state index contributed by atoms with van der Waals surface area (Å²) in [4.78, 5) is 26.4. The highest BCUT2D eigenvalue weighted by atomic mass is 16.6. The molecule has 2 amide bonds. The third kappa shape index (κ3) is 2.19. The number of nitrogens with one attached hydrogen (secondary N) is 1. The monoisotopic (exact) mass is 303 g/mol. The summed E-state index contributed by atoms with van der Waals surface area (Å²) < 4.78 is 5.40. The summed E-state index contributed by atoms with van der Waals surface area (Å²) in [6, 6.07) is 5.44. The third-order valence-electron chi connectivity index (χ3n) is 4.18. The van der Waals surface area contributed by atoms with Crippen LogP contribution in [-0.2, 0) is 14.9 Å². The molecule has 1 aromatic carbocycles. The van der Waals surface area contributed by atoms with Gasteiger partial charge in [-0.05, 0) is 39.3 Å². The predicted octanol–water partition coefficient (Wildman–Crippen LogP) is 2.10. The fourth-order valence-electron chi connectivity index (χ4n) is 3.25. The minimum Gasteiger partial charge on any atom is -0.444 e. The average Bonchev–Trinajstić information content (AvgIpc) is 2.93. The van der Waals surface area contributed by atoms with Gasteiger partial charge in [-0.3, -0.25) is 4.79 Å². The molecule has 0 radical (unpaired) electrons. The second-order valence-electron chi connectivity index (χ2n) is 6.96. The van der Waals surface area contributed by atoms with Gasteiger partial charge in [0.2, 0.25) is 5.91 Å². The van der Waals surface area contributed by atoms with Gasteiger partial charge in [0.15, 0.2) is 0 Å². The van der Waals surface area contributed by atoms with E-state index in [1.165, 1.54) is 0 Å². The van der Waals surface area contributed by atoms with E-state index in [2.05, 4.69) is 5.32 Å². The number of fused-ring (bicyclic) bond motifs is 2. The molecule has 3 N–H and O–H groups in total. The van der Waals surface area contributed by atoms with Crippen LogP contribution in [0.25, 0.3) is 0 Å². The molecule has 1 saturated heterocycles. The summed E-state index contributed by atoms with van der Waals surface area (Å²) in [7, 11) is 0. The molecule has 2 aliphatic heterocycles. The smallest absolute Gasteiger partial charge is 0.410 e. The van der Waals surface area contributed by atoms with Gasteiger partial charge in [0.1, 0.15) is 5.60 Å². The maximum absolute atomic E-state index is 12.5. The van der Waals surface area contributed by atoms with Crippen LogP contribution in [-0.4, -0.2) is 35.6 Å². The molecule has 0 aliphatic carbocycles. The van der Waals surface area contributed by atoms with Crippen LogP contribution in [0.4, 0.5) is 16.2 Å². The van der Waals surface area contributed by atoms with Gasteiger partial charge in [-0.15, -0.1) is 0 Å². The number of likely N-dealkylation sites (tertiary alicyclic amines) is 1. The number of nitrogens with two attached hydrogens (primary N) is 1. The van der Waals surface area contributed by atoms with Gasteiger partial charge in [0, 0.05) is 30.0 Å². The van der Waals surface area contributed by atoms with Gasteiger partial charge < -0.3 is 20.7 Å². The molecule has 1 aromatic rings. The van der Waals surface area contributed by atoms with Gasteiger partial charge >= 0.3 is 6.09 Å². The van der Waals surface area contributed by atoms with Gasteiger partial charge in [-0.25, -0.2) is 4.79 Å². The van der Waals surface area contributed by atoms with Crippen LogP contribution in [0.5, 0.6) is 0 Å². The number of nitrogens with zero attached hydrogens (tertiary/aromatic N) is 1. The number of carbonyl (C=O) groups is 2. The van der Waals surface area contributed by atoms with Crippen LogP contribution < -0.4 is 11.1 Å². The second-order valence-corrected chi connectivity index (χ2v) is 6.96. The Morgan fingerprint density at radius 1 is 1.41 bits per heavy atom. The van der Waals surface area contributed by atoms with Crippen LogP contribution >= 0.6 is 0 Å². The Balaban J connectivity index is 1.89. The highest BCUT2D eigenvalue weighted by molar-refractivity contribution is 6.08. The molecule has 1 atom stereocenters. The highest BCUT2D eigenvalue weighted by Gasteiger charge is 2.53. The van der Waals surface area contributed by atoms with Crippen molar-refractivity contribution in [1.29, 1.82) is 0 Å². The van der Waals surface area contributed by atoms with Crippen LogP contribution in [0.1, 0.15) is 32.8 Å². The maximum atomic E-state index is 12.5. The summed E-state index contributed by atoms with van der Waals surface area (Å²) in [6.45, 7) is 6.26. The lowest BCUT2D eigenvalue weighted by Crippen LogP contribution is -2.41. The van der Waals surface area contributed by atoms with Crippen molar-refractivity contribution in [3.63, 3.8) is 0 Å². The van der Waals surface area contributed by atoms with Crippen LogP contribution in [0.3, 0.4) is 0 Å². The molecule has 0 bridgehead atoms. The van der Waals surface area contributed by atoms with E-state index in [0.29, 0.717) is 25.2 Å². The third-order valence-corrected chi connectivity index (χ3v) is 4.18. The van der Waals surface area contributed by atoms with Crippen LogP contribution in [0.15, 0.2) is 18.2 Å². The Labute approximate surface area is 129 Å². The summed E-state index contributed by atoms with van der Waals surface area (Å²) in [5.41, 5.74) is 6.92. The van der Waals surface area contributed by atoms with E-state index in [1.807, 2.05) is 32.9 Å². The Kier molecular flexibility index (Phi) is 3.09. The zero-order chi connectivity index (χ0) is 16.1. The van der Waals surface area contributed by atoms with Crippen molar-refractivity contribution in [3.05, 3.63) is 23.8 Å². The van der Waals surface area contributed by atoms with Crippen molar-refractivity contribution in [2.75, 3.05) is 24.1 Å². The number of rotatable bonds is 0. The molecule has 1 spiro atoms. The lowest BCUT2D eigenvalue weighted by atomic mass is 9.80. The molecule has 0 saturated carbocycles. The van der Waals surface area contributed by atoms with Gasteiger partial charge in [-0.1, -0.05) is 6.07 Å². The van der Waals surface area contributed by atoms with Crippen LogP contribution in [0, 0.1) is 0 Å². The molecule has 1 fully saturated rings. The Morgan fingerprint density at radius 3 is 2.82 bits per heavy atom. The molecule has 0 aromatic heterocycles. The Morgan fingerprint density at radius 2 is 2.14 bits per heavy atom. The van der Waals surface area contributed by atoms with Crippen molar-refractivity contribution < 1.29 is 14.3 Å². The van der Waals surface area contributed by atoms with Crippen molar-refractivity contribution in [1.82, 2.24) is 4.90 Å². The van der Waals surface area contributed by atoms with Gasteiger partial charge in [-0.2, -0.15) is 0 Å². The molecular formula is C16H21N3O3. The van der Waals surface area contributed by atoms with Gasteiger partial charge in [0.25, 0.3) is 0 Å². The van der Waals surface area contributed by atoms with E-state index in [1.54, 1.807) is 11.0 Å². The molecule has 2 aliphatic rings. The molecule has 2 heterocycles. The summed E-state index contributed by atoms with van der Waals surface area (Å²) >= 11 is 0. The van der Waals surface area contributed by atoms with Crippen LogP contribution in [0.2, 0.25) is 0 Å². The number of hydrogen-bond acceptors (Lipinski definition) is 4. The first kappa shape index (κ1) is 14.7. The largest absolute Gasteiger partial charge is 0.444 e. The zero-order valence-corrected chi connectivity index (χ0v) is 13.1. The van der Waals surface area contributed by atoms with E-state index >= 15 is 0 Å². The van der Waals surface area contributed by atoms with Crippen molar-refractivity contribution in [2.45, 2.75) is 38.2 Å². The minimum atomic E-state index is -0.752. The molecule has 1 unspecified atom stereocenters. The molecule has 3 rings (SSSR count). The van der Waals surface area contributed by atoms with E-state index < -0.39 is 11.0 Å². The summed E-state index contributed by atoms with van der Waals surface area (Å²) in [6.07, 6.45) is 0.166. The van der Waals surface area contributed by atoms with E-state index in [-0.39, 0.29) is 12.0 Å². The Hall–Kier alpha value is -2.24. The highest BCUT2D eigenvalue weighted by Crippen LogP contribution is 2.47. The van der Waals surface area contributed by atoms with Crippen molar-refractivity contribution in [2.24, 2.45) is 0 Å². The number of hydrogen-bond donors (Lipinski definition) is 2. The number of amides is 2. The Bertz CT molecular complexity index is 651. The topological polar surface area (TPSA) is 84.7 Å². The zero-order valence-electron chi connectivity index (χ0n) is 13.1. The molecule has 118 valence electrons. The quantitative estimate of drug-likeness (QED) is 0.719. The number of anilines is 2. The molecule has 22 heavy (non-hydrogen) atoms. The van der Waals surface area contributed by atoms with Crippen molar-refractivity contribution in [3.8, 4) is 0 Å². The van der Waals surface area contributed by atoms with Crippen molar-refractivity contribution >= 4 is 23.4 Å². The van der Waals surface area contributed by atoms with E-state index in [9.17, 15) is 9.59 Å². The first-order valence-corrected chi connectivity index (χ1v) is 7.41. The fraction of sp³-hybridized carbons (Fsp3) is 0.500. The number of nitrogen functional groups attached to an aromatic ring is 1. The average molecular weight is 303 g/mol. The normalized spacial score (nSPS) is 23.6. The number of benzene rings is 1. The molecular weight excluding hydrogens is 282 g/mol. The summed E-state index contributed by atoms with van der Waals surface area (Å²) in [5, 5.41) is 2.88. The molecule has 6 heteroatoms. The van der Waals surface area contributed by atoms with E-state index in [0.717, 1.165) is 11.3 Å². The minimum absolute atomic E-state index is 0.0912. The predicted molar refractivity (Wildman–Crippen MR) is 83.6 cm³/mol. The first-order chi connectivity index (χ1) is 10.2. The SMILES string of the molecule is CC(C)(C)OC(=O)N1CCC2(C1)C(=O)Nc1cccc(N)c12.